The predicted molar refractivity (Wildman–Crippen MR) is 59.2 cm³/mol. The molecule has 2 aromatic rings. The fourth-order valence-electron chi connectivity index (χ4n) is 1.40. The van der Waals surface area contributed by atoms with Crippen LogP contribution in [0.2, 0.25) is 5.02 Å². The Hall–Kier alpha value is -1.39. The summed E-state index contributed by atoms with van der Waals surface area (Å²) in [5.41, 5.74) is 0.784. The molecule has 2 rings (SSSR count). The third-order valence-electron chi connectivity index (χ3n) is 2.20. The smallest absolute Gasteiger partial charge is 0.223 e. The van der Waals surface area contributed by atoms with Crippen LogP contribution in [0.25, 0.3) is 0 Å². The molecule has 1 atom stereocenters. The Bertz CT molecular complexity index is 467. The van der Waals surface area contributed by atoms with Crippen LogP contribution in [0.1, 0.15) is 23.4 Å². The second-order valence-electron chi connectivity index (χ2n) is 3.50. The van der Waals surface area contributed by atoms with Crippen LogP contribution in [0.5, 0.6) is 0 Å². The fraction of sp³-hybridized carbons (Fsp3) is 0.273. The summed E-state index contributed by atoms with van der Waals surface area (Å²) < 4.78 is 4.83. The van der Waals surface area contributed by atoms with Crippen LogP contribution in [0.4, 0.5) is 0 Å². The van der Waals surface area contributed by atoms with E-state index in [0.717, 1.165) is 5.56 Å². The lowest BCUT2D eigenvalue weighted by molar-refractivity contribution is 0.174. The molecule has 0 radical (unpaired) electrons. The van der Waals surface area contributed by atoms with Crippen molar-refractivity contribution in [1.82, 2.24) is 10.1 Å². The van der Waals surface area contributed by atoms with E-state index >= 15 is 0 Å². The zero-order valence-electron chi connectivity index (χ0n) is 8.72. The third kappa shape index (κ3) is 2.59. The van der Waals surface area contributed by atoms with Gasteiger partial charge in [-0.25, -0.2) is 0 Å². The van der Waals surface area contributed by atoms with E-state index in [1.807, 2.05) is 0 Å². The predicted octanol–water partition coefficient (Wildman–Crippen LogP) is 2.31. The van der Waals surface area contributed by atoms with Gasteiger partial charge in [0.2, 0.25) is 5.89 Å². The second-order valence-corrected chi connectivity index (χ2v) is 3.94. The molecule has 1 N–H and O–H groups in total. The zero-order chi connectivity index (χ0) is 11.5. The van der Waals surface area contributed by atoms with Crippen molar-refractivity contribution in [1.29, 1.82) is 0 Å². The number of benzene rings is 1. The quantitative estimate of drug-likeness (QED) is 0.892. The summed E-state index contributed by atoms with van der Waals surface area (Å²) in [6, 6.07) is 7.03. The molecule has 0 saturated heterocycles. The van der Waals surface area contributed by atoms with Crippen molar-refractivity contribution in [2.75, 3.05) is 0 Å². The molecule has 0 aliphatic heterocycles. The molecule has 0 fully saturated rings. The van der Waals surface area contributed by atoms with Crippen molar-refractivity contribution in [3.8, 4) is 0 Å². The van der Waals surface area contributed by atoms with Crippen molar-refractivity contribution in [3.05, 3.63) is 46.6 Å². The minimum absolute atomic E-state index is 0.332. The highest BCUT2D eigenvalue weighted by Gasteiger charge is 2.12. The topological polar surface area (TPSA) is 59.2 Å². The van der Waals surface area contributed by atoms with Gasteiger partial charge in [0.05, 0.1) is 6.10 Å². The molecule has 5 heteroatoms. The van der Waals surface area contributed by atoms with E-state index in [-0.39, 0.29) is 0 Å². The van der Waals surface area contributed by atoms with Crippen LogP contribution >= 0.6 is 11.6 Å². The molecular formula is C11H11ClN2O2. The highest BCUT2D eigenvalue weighted by Crippen LogP contribution is 2.19. The van der Waals surface area contributed by atoms with Crippen LogP contribution in [0.15, 0.2) is 28.8 Å². The summed E-state index contributed by atoms with van der Waals surface area (Å²) in [6.07, 6.45) is -0.312. The number of hydrogen-bond acceptors (Lipinski definition) is 4. The molecule has 1 aromatic carbocycles. The molecule has 0 amide bonds. The van der Waals surface area contributed by atoms with E-state index in [9.17, 15) is 5.11 Å². The molecule has 4 nitrogen and oxygen atoms in total. The lowest BCUT2D eigenvalue weighted by Crippen LogP contribution is -2.03. The molecule has 1 aromatic heterocycles. The Morgan fingerprint density at radius 3 is 2.62 bits per heavy atom. The molecule has 16 heavy (non-hydrogen) atoms. The Kier molecular flexibility index (Phi) is 3.22. The van der Waals surface area contributed by atoms with Gasteiger partial charge in [-0.3, -0.25) is 0 Å². The Labute approximate surface area is 97.9 Å². The third-order valence-corrected chi connectivity index (χ3v) is 2.45. The van der Waals surface area contributed by atoms with E-state index in [0.29, 0.717) is 23.2 Å². The Balaban J connectivity index is 2.08. The van der Waals surface area contributed by atoms with Gasteiger partial charge in [0.15, 0.2) is 5.82 Å². The number of aryl methyl sites for hydroxylation is 1. The van der Waals surface area contributed by atoms with Crippen molar-refractivity contribution in [3.63, 3.8) is 0 Å². The normalized spacial score (nSPS) is 12.7. The summed E-state index contributed by atoms with van der Waals surface area (Å²) in [5.74, 6) is 0.998. The maximum atomic E-state index is 9.91. The first-order chi connectivity index (χ1) is 7.65. The summed E-state index contributed by atoms with van der Waals surface area (Å²) in [5, 5.41) is 14.3. The summed E-state index contributed by atoms with van der Waals surface area (Å²) >= 11 is 5.76. The standard InChI is InChI=1S/C11H11ClN2O2/c1-7-13-11(14-16-7)6-10(15)8-2-4-9(12)5-3-8/h2-5,10,15H,6H2,1H3/t10-/m0/s1. The number of aromatic nitrogens is 2. The molecule has 0 saturated carbocycles. The highest BCUT2D eigenvalue weighted by atomic mass is 35.5. The van der Waals surface area contributed by atoms with Crippen LogP contribution in [-0.2, 0) is 6.42 Å². The van der Waals surface area contributed by atoms with Crippen LogP contribution in [0.3, 0.4) is 0 Å². The van der Waals surface area contributed by atoms with E-state index in [1.165, 1.54) is 0 Å². The number of rotatable bonds is 3. The zero-order valence-corrected chi connectivity index (χ0v) is 9.48. The van der Waals surface area contributed by atoms with Gasteiger partial charge < -0.3 is 9.63 Å². The number of halogens is 1. The van der Waals surface area contributed by atoms with Crippen molar-refractivity contribution in [2.24, 2.45) is 0 Å². The van der Waals surface area contributed by atoms with Gasteiger partial charge in [-0.15, -0.1) is 0 Å². The van der Waals surface area contributed by atoms with Gasteiger partial charge in [0.25, 0.3) is 0 Å². The van der Waals surface area contributed by atoms with Gasteiger partial charge in [-0.05, 0) is 17.7 Å². The van der Waals surface area contributed by atoms with Gasteiger partial charge in [0, 0.05) is 18.4 Å². The van der Waals surface area contributed by atoms with Crippen molar-refractivity contribution < 1.29 is 9.63 Å². The maximum absolute atomic E-state index is 9.91. The van der Waals surface area contributed by atoms with E-state index < -0.39 is 6.10 Å². The number of nitrogens with zero attached hydrogens (tertiary/aromatic N) is 2. The lowest BCUT2D eigenvalue weighted by Gasteiger charge is -2.07. The number of aliphatic hydroxyl groups excluding tert-OH is 1. The van der Waals surface area contributed by atoms with Crippen LogP contribution in [-0.4, -0.2) is 15.2 Å². The van der Waals surface area contributed by atoms with Crippen LogP contribution < -0.4 is 0 Å². The fourth-order valence-corrected chi connectivity index (χ4v) is 1.53. The summed E-state index contributed by atoms with van der Waals surface area (Å²) in [4.78, 5) is 4.03. The first-order valence-electron chi connectivity index (χ1n) is 4.88. The van der Waals surface area contributed by atoms with Crippen molar-refractivity contribution in [2.45, 2.75) is 19.4 Å². The number of hydrogen-bond donors (Lipinski definition) is 1. The monoisotopic (exact) mass is 238 g/mol. The largest absolute Gasteiger partial charge is 0.388 e. The minimum Gasteiger partial charge on any atom is -0.388 e. The molecule has 84 valence electrons. The van der Waals surface area contributed by atoms with Crippen LogP contribution in [0, 0.1) is 6.92 Å². The number of aliphatic hydroxyl groups is 1. The summed E-state index contributed by atoms with van der Waals surface area (Å²) in [7, 11) is 0. The Morgan fingerprint density at radius 1 is 1.38 bits per heavy atom. The highest BCUT2D eigenvalue weighted by molar-refractivity contribution is 6.30. The summed E-state index contributed by atoms with van der Waals surface area (Å²) in [6.45, 7) is 1.71. The molecule has 0 aliphatic carbocycles. The van der Waals surface area contributed by atoms with Gasteiger partial charge >= 0.3 is 0 Å². The van der Waals surface area contributed by atoms with Gasteiger partial charge in [-0.2, -0.15) is 4.98 Å². The van der Waals surface area contributed by atoms with Gasteiger partial charge in [-0.1, -0.05) is 28.9 Å². The van der Waals surface area contributed by atoms with E-state index in [1.54, 1.807) is 31.2 Å². The van der Waals surface area contributed by atoms with E-state index in [4.69, 9.17) is 16.1 Å². The first kappa shape index (κ1) is 11.1. The maximum Gasteiger partial charge on any atom is 0.223 e. The molecule has 0 bridgehead atoms. The minimum atomic E-state index is -0.644. The molecule has 0 aliphatic rings. The second kappa shape index (κ2) is 4.63. The van der Waals surface area contributed by atoms with E-state index in [2.05, 4.69) is 10.1 Å². The molecular weight excluding hydrogens is 228 g/mol. The van der Waals surface area contributed by atoms with Gasteiger partial charge in [0.1, 0.15) is 0 Å². The SMILES string of the molecule is Cc1nc(C[C@H](O)c2ccc(Cl)cc2)no1. The Morgan fingerprint density at radius 2 is 2.06 bits per heavy atom. The molecule has 0 unspecified atom stereocenters. The first-order valence-corrected chi connectivity index (χ1v) is 5.25. The average Bonchev–Trinajstić information content (AvgIpc) is 2.65. The molecule has 1 heterocycles. The van der Waals surface area contributed by atoms with Crippen molar-refractivity contribution >= 4 is 11.6 Å². The molecule has 0 spiro atoms. The lowest BCUT2D eigenvalue weighted by atomic mass is 10.1. The average molecular weight is 239 g/mol.